The lowest BCUT2D eigenvalue weighted by molar-refractivity contribution is 0.174. The number of sulfone groups is 1. The van der Waals surface area contributed by atoms with Crippen molar-refractivity contribution < 1.29 is 27.4 Å². The Labute approximate surface area is 197 Å². The molecule has 0 aliphatic carbocycles. The van der Waals surface area contributed by atoms with E-state index in [4.69, 9.17) is 18.9 Å². The van der Waals surface area contributed by atoms with Gasteiger partial charge in [0, 0.05) is 31.1 Å². The minimum absolute atomic E-state index is 0.184. The number of methoxy groups -OCH3 is 1. The summed E-state index contributed by atoms with van der Waals surface area (Å²) in [4.78, 5) is 11.0. The Bertz CT molecular complexity index is 1290. The quantitative estimate of drug-likeness (QED) is 0.477. The van der Waals surface area contributed by atoms with Crippen LogP contribution in [0.25, 0.3) is 10.9 Å². The van der Waals surface area contributed by atoms with Gasteiger partial charge in [-0.2, -0.15) is 0 Å². The minimum atomic E-state index is -2.87. The maximum Gasteiger partial charge on any atom is 0.231 e. The summed E-state index contributed by atoms with van der Waals surface area (Å²) < 4.78 is 45.7. The van der Waals surface area contributed by atoms with Crippen LogP contribution < -0.4 is 24.3 Å². The molecule has 2 aliphatic heterocycles. The van der Waals surface area contributed by atoms with Gasteiger partial charge in [-0.25, -0.2) is 18.4 Å². The smallest absolute Gasteiger partial charge is 0.231 e. The summed E-state index contributed by atoms with van der Waals surface area (Å²) in [6.45, 7) is 2.61. The van der Waals surface area contributed by atoms with Gasteiger partial charge >= 0.3 is 0 Å². The number of aromatic nitrogens is 2. The van der Waals surface area contributed by atoms with E-state index in [1.807, 2.05) is 30.3 Å². The van der Waals surface area contributed by atoms with Crippen LogP contribution in [0.4, 0.5) is 11.5 Å². The van der Waals surface area contributed by atoms with E-state index in [9.17, 15) is 8.42 Å². The molecule has 2 aromatic carbocycles. The highest BCUT2D eigenvalue weighted by Gasteiger charge is 2.21. The molecule has 0 unspecified atom stereocenters. The molecular weight excluding hydrogens is 460 g/mol. The third kappa shape index (κ3) is 4.80. The molecule has 5 rings (SSSR count). The summed E-state index contributed by atoms with van der Waals surface area (Å²) in [6, 6.07) is 9.32. The Hall–Kier alpha value is -3.31. The molecule has 3 aromatic rings. The van der Waals surface area contributed by atoms with Crippen molar-refractivity contribution in [3.63, 3.8) is 0 Å². The molecular formula is C23H26N4O6S. The van der Waals surface area contributed by atoms with Gasteiger partial charge in [0.05, 0.1) is 36.4 Å². The predicted molar refractivity (Wildman–Crippen MR) is 127 cm³/mol. The lowest BCUT2D eigenvalue weighted by Crippen LogP contribution is -2.40. The van der Waals surface area contributed by atoms with Gasteiger partial charge in [0.1, 0.15) is 12.1 Å². The van der Waals surface area contributed by atoms with Gasteiger partial charge in [0.15, 0.2) is 32.8 Å². The van der Waals surface area contributed by atoms with E-state index in [2.05, 4.69) is 20.2 Å². The average molecular weight is 487 g/mol. The fourth-order valence-electron chi connectivity index (χ4n) is 4.04. The third-order valence-corrected chi connectivity index (χ3v) is 7.49. The first kappa shape index (κ1) is 22.5. The van der Waals surface area contributed by atoms with Crippen molar-refractivity contribution in [3.8, 4) is 23.0 Å². The van der Waals surface area contributed by atoms with E-state index in [0.717, 1.165) is 24.0 Å². The molecule has 10 nitrogen and oxygen atoms in total. The SMILES string of the molecule is COc1cc2c(Nc3cccc4c3OCO4)ncnc2cc1OCCCN1CCS(=O)(=O)CC1. The number of hydrogen-bond acceptors (Lipinski definition) is 10. The Morgan fingerprint density at radius 1 is 1.12 bits per heavy atom. The lowest BCUT2D eigenvalue weighted by atomic mass is 10.2. The van der Waals surface area contributed by atoms with E-state index in [-0.39, 0.29) is 18.3 Å². The van der Waals surface area contributed by atoms with E-state index in [1.165, 1.54) is 6.33 Å². The number of anilines is 2. The molecule has 3 heterocycles. The molecule has 0 saturated carbocycles. The minimum Gasteiger partial charge on any atom is -0.493 e. The zero-order valence-corrected chi connectivity index (χ0v) is 19.6. The van der Waals surface area contributed by atoms with E-state index < -0.39 is 9.84 Å². The molecule has 0 spiro atoms. The van der Waals surface area contributed by atoms with Crippen molar-refractivity contribution in [3.05, 3.63) is 36.7 Å². The van der Waals surface area contributed by atoms with Gasteiger partial charge in [-0.15, -0.1) is 0 Å². The Balaban J connectivity index is 1.28. The molecule has 34 heavy (non-hydrogen) atoms. The molecule has 180 valence electrons. The maximum absolute atomic E-state index is 11.6. The summed E-state index contributed by atoms with van der Waals surface area (Å²) in [6.07, 6.45) is 2.27. The highest BCUT2D eigenvalue weighted by molar-refractivity contribution is 7.91. The summed E-state index contributed by atoms with van der Waals surface area (Å²) in [7, 11) is -1.27. The van der Waals surface area contributed by atoms with Crippen molar-refractivity contribution in [2.45, 2.75) is 6.42 Å². The number of ether oxygens (including phenoxy) is 4. The number of nitrogens with zero attached hydrogens (tertiary/aromatic N) is 3. The largest absolute Gasteiger partial charge is 0.493 e. The summed E-state index contributed by atoms with van der Waals surface area (Å²) in [5, 5.41) is 4.09. The summed E-state index contributed by atoms with van der Waals surface area (Å²) >= 11 is 0. The number of rotatable bonds is 8. The van der Waals surface area contributed by atoms with Crippen LogP contribution in [0.15, 0.2) is 36.7 Å². The number of fused-ring (bicyclic) bond motifs is 2. The highest BCUT2D eigenvalue weighted by atomic mass is 32.2. The topological polar surface area (TPSA) is 112 Å². The third-order valence-electron chi connectivity index (χ3n) is 5.88. The molecule has 0 atom stereocenters. The van der Waals surface area contributed by atoms with Gasteiger partial charge in [-0.1, -0.05) is 6.07 Å². The zero-order valence-electron chi connectivity index (χ0n) is 18.8. The van der Waals surface area contributed by atoms with Crippen LogP contribution in [0.1, 0.15) is 6.42 Å². The van der Waals surface area contributed by atoms with Crippen LogP contribution in [0, 0.1) is 0 Å². The van der Waals surface area contributed by atoms with Gasteiger partial charge in [-0.05, 0) is 24.6 Å². The summed E-state index contributed by atoms with van der Waals surface area (Å²) in [5.41, 5.74) is 1.46. The van der Waals surface area contributed by atoms with Crippen LogP contribution in [0.2, 0.25) is 0 Å². The fraction of sp³-hybridized carbons (Fsp3) is 0.391. The molecule has 0 bridgehead atoms. The van der Waals surface area contributed by atoms with Crippen molar-refractivity contribution >= 4 is 32.2 Å². The first-order valence-electron chi connectivity index (χ1n) is 11.1. The van der Waals surface area contributed by atoms with Gasteiger partial charge in [0.25, 0.3) is 0 Å². The zero-order chi connectivity index (χ0) is 23.5. The van der Waals surface area contributed by atoms with E-state index >= 15 is 0 Å². The van der Waals surface area contributed by atoms with Crippen molar-refractivity contribution in [2.24, 2.45) is 0 Å². The average Bonchev–Trinajstić information content (AvgIpc) is 3.32. The number of para-hydroxylation sites is 1. The number of hydrogen-bond donors (Lipinski definition) is 1. The highest BCUT2D eigenvalue weighted by Crippen LogP contribution is 2.41. The normalized spacial score (nSPS) is 17.0. The van der Waals surface area contributed by atoms with Crippen LogP contribution in [0.3, 0.4) is 0 Å². The van der Waals surface area contributed by atoms with Crippen LogP contribution in [0.5, 0.6) is 23.0 Å². The fourth-order valence-corrected chi connectivity index (χ4v) is 5.31. The number of nitrogens with one attached hydrogen (secondary N) is 1. The summed E-state index contributed by atoms with van der Waals surface area (Å²) in [5.74, 6) is 3.57. The van der Waals surface area contributed by atoms with Crippen LogP contribution in [-0.2, 0) is 9.84 Å². The predicted octanol–water partition coefficient (Wildman–Crippen LogP) is 2.61. The first-order chi connectivity index (χ1) is 16.5. The second-order valence-electron chi connectivity index (χ2n) is 8.10. The second-order valence-corrected chi connectivity index (χ2v) is 10.4. The van der Waals surface area contributed by atoms with Crippen molar-refractivity contribution in [1.29, 1.82) is 0 Å². The molecule has 11 heteroatoms. The van der Waals surface area contributed by atoms with Crippen LogP contribution in [-0.4, -0.2) is 74.9 Å². The first-order valence-corrected chi connectivity index (χ1v) is 12.9. The van der Waals surface area contributed by atoms with Gasteiger partial charge in [0.2, 0.25) is 6.79 Å². The van der Waals surface area contributed by atoms with Crippen LogP contribution >= 0.6 is 0 Å². The van der Waals surface area contributed by atoms with E-state index in [0.29, 0.717) is 54.0 Å². The van der Waals surface area contributed by atoms with E-state index in [1.54, 1.807) is 7.11 Å². The Morgan fingerprint density at radius 3 is 2.79 bits per heavy atom. The lowest BCUT2D eigenvalue weighted by Gasteiger charge is -2.26. The molecule has 1 saturated heterocycles. The van der Waals surface area contributed by atoms with Gasteiger partial charge in [-0.3, -0.25) is 0 Å². The number of benzene rings is 2. The molecule has 0 radical (unpaired) electrons. The maximum atomic E-state index is 11.6. The molecule has 1 fully saturated rings. The second kappa shape index (κ2) is 9.51. The monoisotopic (exact) mass is 486 g/mol. The molecule has 2 aliphatic rings. The van der Waals surface area contributed by atoms with Crippen molar-refractivity contribution in [2.75, 3.05) is 57.0 Å². The van der Waals surface area contributed by atoms with Gasteiger partial charge < -0.3 is 29.2 Å². The molecule has 1 N–H and O–H groups in total. The molecule has 1 aromatic heterocycles. The Morgan fingerprint density at radius 2 is 1.97 bits per heavy atom. The molecule has 0 amide bonds. The standard InChI is InChI=1S/C23H26N4O6S/c1-30-20-12-16-18(13-21(20)31-9-3-6-27-7-10-34(28,29)11-8-27)24-14-25-23(16)26-17-4-2-5-19-22(17)33-15-32-19/h2,4-5,12-14H,3,6-11,15H2,1H3,(H,24,25,26). The van der Waals surface area contributed by atoms with Crippen molar-refractivity contribution in [1.82, 2.24) is 14.9 Å². The Kier molecular flexibility index (Phi) is 6.29.